The summed E-state index contributed by atoms with van der Waals surface area (Å²) in [6.45, 7) is 32.0. The maximum Gasteiger partial charge on any atom is 0.126 e. The van der Waals surface area contributed by atoms with Crippen molar-refractivity contribution < 1.29 is 29.2 Å². The highest BCUT2D eigenvalue weighted by molar-refractivity contribution is 5.50. The summed E-state index contributed by atoms with van der Waals surface area (Å²) in [7, 11) is 0. The molecule has 0 aliphatic carbocycles. The lowest BCUT2D eigenvalue weighted by Crippen LogP contribution is -2.26. The van der Waals surface area contributed by atoms with Gasteiger partial charge in [-0.1, -0.05) is 145 Å². The molecule has 0 amide bonds. The zero-order valence-electron chi connectivity index (χ0n) is 41.6. The van der Waals surface area contributed by atoms with Crippen LogP contribution in [-0.4, -0.2) is 48.8 Å². The molecule has 8 atom stereocenters. The molecule has 0 aliphatic heterocycles. The first-order chi connectivity index (χ1) is 30.0. The van der Waals surface area contributed by atoms with Crippen molar-refractivity contribution in [2.75, 3.05) is 26.4 Å². The minimum Gasteiger partial charge on any atom is -0.491 e. The van der Waals surface area contributed by atoms with Gasteiger partial charge in [0.1, 0.15) is 61.6 Å². The SMILES string of the molecule is CCC(C)c1cc(C(C)CC)c(OCC(O)COc2ccc(C(C)(C)c3ccc(OCC(O)COc4c(C(C)CC)cc(C(C)CC)cc4C(C)CC)cc3)cc2)c(C(C)CC)c1. The van der Waals surface area contributed by atoms with Crippen LogP contribution < -0.4 is 18.9 Å². The number of hydrogen-bond donors (Lipinski definition) is 2. The van der Waals surface area contributed by atoms with E-state index in [4.69, 9.17) is 18.9 Å². The molecule has 0 radical (unpaired) electrons. The zero-order chi connectivity index (χ0) is 46.4. The molecule has 4 aromatic rings. The van der Waals surface area contributed by atoms with E-state index in [2.05, 4.69) is 145 Å². The molecule has 4 aromatic carbocycles. The Labute approximate surface area is 383 Å². The highest BCUT2D eigenvalue weighted by atomic mass is 16.5. The number of ether oxygens (including phenoxy) is 4. The molecule has 4 rings (SSSR count). The Morgan fingerprint density at radius 3 is 0.905 bits per heavy atom. The number of hydrogen-bond acceptors (Lipinski definition) is 6. The van der Waals surface area contributed by atoms with Crippen LogP contribution in [0.3, 0.4) is 0 Å². The Hall–Kier alpha value is -4.00. The third kappa shape index (κ3) is 13.5. The normalized spacial score (nSPS) is 15.7. The Morgan fingerprint density at radius 2 is 0.651 bits per heavy atom. The van der Waals surface area contributed by atoms with Gasteiger partial charge in [-0.15, -0.1) is 0 Å². The van der Waals surface area contributed by atoms with Crippen LogP contribution in [0.25, 0.3) is 0 Å². The van der Waals surface area contributed by atoms with E-state index in [1.165, 1.54) is 33.4 Å². The Kier molecular flexibility index (Phi) is 19.9. The molecule has 0 saturated heterocycles. The zero-order valence-corrected chi connectivity index (χ0v) is 41.6. The molecule has 0 spiro atoms. The maximum absolute atomic E-state index is 11.0. The highest BCUT2D eigenvalue weighted by Gasteiger charge is 2.26. The third-order valence-electron chi connectivity index (χ3n) is 14.2. The number of benzene rings is 4. The summed E-state index contributed by atoms with van der Waals surface area (Å²) in [6.07, 6.45) is 4.71. The predicted molar refractivity (Wildman–Crippen MR) is 264 cm³/mol. The van der Waals surface area contributed by atoms with E-state index in [9.17, 15) is 10.2 Å². The molecule has 8 unspecified atom stereocenters. The van der Waals surface area contributed by atoms with Crippen molar-refractivity contribution in [3.8, 4) is 23.0 Å². The average molecular weight is 865 g/mol. The van der Waals surface area contributed by atoms with E-state index in [1.807, 2.05) is 24.3 Å². The number of aliphatic hydroxyl groups is 2. The smallest absolute Gasteiger partial charge is 0.126 e. The van der Waals surface area contributed by atoms with Crippen LogP contribution in [0.1, 0.15) is 215 Å². The minimum absolute atomic E-state index is 0.136. The first kappa shape index (κ1) is 51.6. The molecule has 2 N–H and O–H groups in total. The van der Waals surface area contributed by atoms with Crippen LogP contribution in [0.2, 0.25) is 0 Å². The second-order valence-electron chi connectivity index (χ2n) is 19.1. The van der Waals surface area contributed by atoms with Gasteiger partial charge in [0.2, 0.25) is 0 Å². The summed E-state index contributed by atoms with van der Waals surface area (Å²) in [5.41, 5.74) is 9.70. The van der Waals surface area contributed by atoms with Crippen molar-refractivity contribution in [2.45, 2.75) is 189 Å². The number of aliphatic hydroxyl groups excluding tert-OH is 2. The van der Waals surface area contributed by atoms with Gasteiger partial charge in [-0.2, -0.15) is 0 Å². The molecule has 63 heavy (non-hydrogen) atoms. The summed E-state index contributed by atoms with van der Waals surface area (Å²) >= 11 is 0. The summed E-state index contributed by atoms with van der Waals surface area (Å²) < 4.78 is 25.1. The standard InChI is InChI=1S/C57H84O6/c1-15-37(7)43-29-51(39(9)17-3)55(52(30-43)40(10)18-4)62-35-47(58)33-60-49-25-21-45(22-26-49)57(13,14)46-23-27-50(28-24-46)61-34-48(59)36-63-56-53(41(11)19-5)31-44(38(8)16-2)32-54(56)42(12)20-6/h21-32,37-42,47-48,58-59H,15-20,33-36H2,1-14H3. The van der Waals surface area contributed by atoms with E-state index in [0.717, 1.165) is 61.2 Å². The van der Waals surface area contributed by atoms with E-state index >= 15 is 0 Å². The predicted octanol–water partition coefficient (Wildman–Crippen LogP) is 14.7. The molecule has 0 saturated carbocycles. The van der Waals surface area contributed by atoms with Gasteiger partial charge < -0.3 is 29.2 Å². The van der Waals surface area contributed by atoms with E-state index in [1.54, 1.807) is 0 Å². The highest BCUT2D eigenvalue weighted by Crippen LogP contribution is 2.42. The van der Waals surface area contributed by atoms with E-state index in [0.29, 0.717) is 47.0 Å². The third-order valence-corrected chi connectivity index (χ3v) is 14.2. The fourth-order valence-electron chi connectivity index (χ4n) is 8.06. The monoisotopic (exact) mass is 865 g/mol. The van der Waals surface area contributed by atoms with Gasteiger partial charge in [-0.3, -0.25) is 0 Å². The fraction of sp³-hybridized carbons (Fsp3) is 0.579. The lowest BCUT2D eigenvalue weighted by atomic mass is 9.78. The molecule has 6 heteroatoms. The van der Waals surface area contributed by atoms with Gasteiger partial charge in [0.15, 0.2) is 0 Å². The van der Waals surface area contributed by atoms with Crippen LogP contribution in [0.5, 0.6) is 23.0 Å². The van der Waals surface area contributed by atoms with Gasteiger partial charge in [0, 0.05) is 5.41 Å². The first-order valence-corrected chi connectivity index (χ1v) is 24.5. The van der Waals surface area contributed by atoms with Gasteiger partial charge >= 0.3 is 0 Å². The quantitative estimate of drug-likeness (QED) is 0.0655. The van der Waals surface area contributed by atoms with Crippen LogP contribution in [0, 0.1) is 0 Å². The number of rotatable bonds is 26. The molecule has 0 aromatic heterocycles. The van der Waals surface area contributed by atoms with Crippen molar-refractivity contribution in [3.63, 3.8) is 0 Å². The van der Waals surface area contributed by atoms with Crippen molar-refractivity contribution >= 4 is 0 Å². The van der Waals surface area contributed by atoms with Crippen molar-refractivity contribution in [3.05, 3.63) is 117 Å². The van der Waals surface area contributed by atoms with Crippen molar-refractivity contribution in [1.29, 1.82) is 0 Å². The fourth-order valence-corrected chi connectivity index (χ4v) is 8.06. The summed E-state index contributed by atoms with van der Waals surface area (Å²) in [4.78, 5) is 0. The lowest BCUT2D eigenvalue weighted by Gasteiger charge is -2.27. The van der Waals surface area contributed by atoms with E-state index in [-0.39, 0.29) is 31.8 Å². The Morgan fingerprint density at radius 1 is 0.397 bits per heavy atom. The lowest BCUT2D eigenvalue weighted by molar-refractivity contribution is 0.0617. The van der Waals surface area contributed by atoms with Crippen LogP contribution >= 0.6 is 0 Å². The molecular formula is C57H84O6. The maximum atomic E-state index is 11.0. The van der Waals surface area contributed by atoms with Gasteiger partial charge in [0.25, 0.3) is 0 Å². The Balaban J connectivity index is 1.35. The van der Waals surface area contributed by atoms with Gasteiger partial charge in [-0.05, 0) is 143 Å². The molecule has 0 fully saturated rings. The first-order valence-electron chi connectivity index (χ1n) is 24.5. The minimum atomic E-state index is -0.782. The van der Waals surface area contributed by atoms with Gasteiger partial charge in [0.05, 0.1) is 0 Å². The van der Waals surface area contributed by atoms with Crippen LogP contribution in [-0.2, 0) is 5.41 Å². The van der Waals surface area contributed by atoms with Crippen molar-refractivity contribution in [1.82, 2.24) is 0 Å². The molecule has 0 heterocycles. The van der Waals surface area contributed by atoms with Crippen LogP contribution in [0.15, 0.2) is 72.8 Å². The molecule has 6 nitrogen and oxygen atoms in total. The summed E-state index contributed by atoms with van der Waals surface area (Å²) in [5, 5.41) is 22.1. The van der Waals surface area contributed by atoms with E-state index < -0.39 is 12.2 Å². The van der Waals surface area contributed by atoms with Crippen molar-refractivity contribution in [2.24, 2.45) is 0 Å². The largest absolute Gasteiger partial charge is 0.491 e. The molecule has 0 aliphatic rings. The second-order valence-corrected chi connectivity index (χ2v) is 19.1. The summed E-state index contributed by atoms with van der Waals surface area (Å²) in [6, 6.07) is 25.6. The van der Waals surface area contributed by atoms with Crippen LogP contribution in [0.4, 0.5) is 0 Å². The Bertz CT molecular complexity index is 1760. The average Bonchev–Trinajstić information content (AvgIpc) is 3.31. The second kappa shape index (κ2) is 24.3. The summed E-state index contributed by atoms with van der Waals surface area (Å²) in [5.74, 6) is 5.66. The molecule has 0 bridgehead atoms. The molecule has 348 valence electrons. The molecular weight excluding hydrogens is 781 g/mol. The van der Waals surface area contributed by atoms with Gasteiger partial charge in [-0.25, -0.2) is 0 Å². The topological polar surface area (TPSA) is 77.4 Å².